The molecule has 2 N–H and O–H groups in total. The molecule has 0 aromatic heterocycles. The number of nitrogens with zero attached hydrogens (tertiary/aromatic N) is 1. The van der Waals surface area contributed by atoms with E-state index in [2.05, 4.69) is 10.2 Å². The van der Waals surface area contributed by atoms with E-state index in [4.69, 9.17) is 5.11 Å². The topological polar surface area (TPSA) is 52.6 Å². The molecule has 1 saturated heterocycles. The van der Waals surface area contributed by atoms with E-state index in [0.717, 1.165) is 25.9 Å². The summed E-state index contributed by atoms with van der Waals surface area (Å²) in [5.74, 6) is 0.517. The van der Waals surface area contributed by atoms with Crippen molar-refractivity contribution in [3.63, 3.8) is 0 Å². The molecule has 0 spiro atoms. The maximum Gasteiger partial charge on any atom is 0.233 e. The first-order chi connectivity index (χ1) is 6.26. The molecule has 76 valence electrons. The molecule has 4 nitrogen and oxygen atoms in total. The van der Waals surface area contributed by atoms with Gasteiger partial charge in [0.05, 0.1) is 6.54 Å². The summed E-state index contributed by atoms with van der Waals surface area (Å²) >= 11 is 0. The summed E-state index contributed by atoms with van der Waals surface area (Å²) in [4.78, 5) is 13.2. The summed E-state index contributed by atoms with van der Waals surface area (Å²) in [6, 6.07) is 0. The van der Waals surface area contributed by atoms with E-state index in [0.29, 0.717) is 12.5 Å². The van der Waals surface area contributed by atoms with Crippen LogP contribution < -0.4 is 5.32 Å². The van der Waals surface area contributed by atoms with Gasteiger partial charge in [-0.15, -0.1) is 0 Å². The molecule has 1 aliphatic heterocycles. The Balaban J connectivity index is 2.21. The minimum Gasteiger partial charge on any atom is -0.396 e. The first-order valence-corrected chi connectivity index (χ1v) is 4.80. The molecule has 0 radical (unpaired) electrons. The van der Waals surface area contributed by atoms with E-state index in [-0.39, 0.29) is 12.5 Å². The number of aliphatic hydroxyl groups is 1. The average molecular weight is 186 g/mol. The number of nitrogens with one attached hydrogen (secondary N) is 1. The van der Waals surface area contributed by atoms with Gasteiger partial charge in [0.2, 0.25) is 5.91 Å². The van der Waals surface area contributed by atoms with Crippen molar-refractivity contribution in [2.24, 2.45) is 5.92 Å². The lowest BCUT2D eigenvalue weighted by Crippen LogP contribution is -2.41. The third-order valence-electron chi connectivity index (χ3n) is 2.61. The van der Waals surface area contributed by atoms with Crippen molar-refractivity contribution in [2.75, 3.05) is 33.3 Å². The lowest BCUT2D eigenvalue weighted by atomic mass is 9.98. The normalized spacial score (nSPS) is 20.2. The molecule has 0 atom stereocenters. The van der Waals surface area contributed by atoms with Crippen molar-refractivity contribution < 1.29 is 9.90 Å². The molecule has 0 aromatic carbocycles. The second-order valence-corrected chi connectivity index (χ2v) is 3.58. The van der Waals surface area contributed by atoms with E-state index >= 15 is 0 Å². The fourth-order valence-corrected chi connectivity index (χ4v) is 1.61. The van der Waals surface area contributed by atoms with Crippen LogP contribution in [-0.4, -0.2) is 49.2 Å². The van der Waals surface area contributed by atoms with Crippen LogP contribution in [0.2, 0.25) is 0 Å². The zero-order chi connectivity index (χ0) is 9.68. The summed E-state index contributed by atoms with van der Waals surface area (Å²) in [7, 11) is 1.66. The number of rotatable bonds is 3. The van der Waals surface area contributed by atoms with Crippen LogP contribution in [0.15, 0.2) is 0 Å². The molecule has 0 aliphatic carbocycles. The highest BCUT2D eigenvalue weighted by Gasteiger charge is 2.19. The van der Waals surface area contributed by atoms with E-state index in [1.165, 1.54) is 0 Å². The number of hydrogen-bond acceptors (Lipinski definition) is 3. The average Bonchev–Trinajstić information content (AvgIpc) is 2.19. The summed E-state index contributed by atoms with van der Waals surface area (Å²) in [5, 5.41) is 11.5. The molecule has 1 amide bonds. The van der Waals surface area contributed by atoms with Crippen LogP contribution in [0, 0.1) is 5.92 Å². The lowest BCUT2D eigenvalue weighted by molar-refractivity contribution is -0.122. The molecule has 1 aliphatic rings. The van der Waals surface area contributed by atoms with Gasteiger partial charge in [-0.25, -0.2) is 0 Å². The molecule has 1 fully saturated rings. The highest BCUT2D eigenvalue weighted by Crippen LogP contribution is 2.15. The van der Waals surface area contributed by atoms with Crippen molar-refractivity contribution in [3.05, 3.63) is 0 Å². The van der Waals surface area contributed by atoms with Crippen molar-refractivity contribution in [1.29, 1.82) is 0 Å². The monoisotopic (exact) mass is 186 g/mol. The maximum absolute atomic E-state index is 11.0. The zero-order valence-corrected chi connectivity index (χ0v) is 8.12. The number of piperidine rings is 1. The Labute approximate surface area is 78.9 Å². The Morgan fingerprint density at radius 3 is 2.62 bits per heavy atom. The van der Waals surface area contributed by atoms with E-state index < -0.39 is 0 Å². The standard InChI is InChI=1S/C9H18N2O2/c1-10-9(13)6-11-4-2-8(7-12)3-5-11/h8,12H,2-7H2,1H3,(H,10,13). The molecule has 13 heavy (non-hydrogen) atoms. The third kappa shape index (κ3) is 3.32. The highest BCUT2D eigenvalue weighted by atomic mass is 16.3. The van der Waals surface area contributed by atoms with Gasteiger partial charge in [0.15, 0.2) is 0 Å². The van der Waals surface area contributed by atoms with Crippen LogP contribution in [0.1, 0.15) is 12.8 Å². The summed E-state index contributed by atoms with van der Waals surface area (Å²) in [6.07, 6.45) is 2.01. The van der Waals surface area contributed by atoms with E-state index in [9.17, 15) is 4.79 Å². The number of carbonyl (C=O) groups is 1. The van der Waals surface area contributed by atoms with E-state index in [1.807, 2.05) is 0 Å². The van der Waals surface area contributed by atoms with Gasteiger partial charge in [-0.05, 0) is 31.8 Å². The number of hydrogen-bond donors (Lipinski definition) is 2. The van der Waals surface area contributed by atoms with E-state index in [1.54, 1.807) is 7.05 Å². The van der Waals surface area contributed by atoms with Crippen LogP contribution in [0.4, 0.5) is 0 Å². The van der Waals surface area contributed by atoms with Crippen molar-refractivity contribution in [1.82, 2.24) is 10.2 Å². The molecule has 0 aromatic rings. The number of likely N-dealkylation sites (N-methyl/N-ethyl adjacent to an activating group) is 1. The summed E-state index contributed by atoms with van der Waals surface area (Å²) in [6.45, 7) is 2.64. The van der Waals surface area contributed by atoms with Gasteiger partial charge in [-0.1, -0.05) is 0 Å². The third-order valence-corrected chi connectivity index (χ3v) is 2.61. The van der Waals surface area contributed by atoms with Gasteiger partial charge in [-0.3, -0.25) is 9.69 Å². The Bertz CT molecular complexity index is 165. The maximum atomic E-state index is 11.0. The largest absolute Gasteiger partial charge is 0.396 e. The fraction of sp³-hybridized carbons (Fsp3) is 0.889. The Morgan fingerprint density at radius 1 is 1.54 bits per heavy atom. The summed E-state index contributed by atoms with van der Waals surface area (Å²) in [5.41, 5.74) is 0. The number of aliphatic hydroxyl groups excluding tert-OH is 1. The first kappa shape index (κ1) is 10.5. The zero-order valence-electron chi connectivity index (χ0n) is 8.12. The van der Waals surface area contributed by atoms with Gasteiger partial charge in [0, 0.05) is 13.7 Å². The van der Waals surface area contributed by atoms with Crippen LogP contribution in [0.3, 0.4) is 0 Å². The highest BCUT2D eigenvalue weighted by molar-refractivity contribution is 5.77. The van der Waals surface area contributed by atoms with Gasteiger partial charge in [-0.2, -0.15) is 0 Å². The second-order valence-electron chi connectivity index (χ2n) is 3.58. The Kier molecular flexibility index (Phi) is 4.18. The van der Waals surface area contributed by atoms with Crippen molar-refractivity contribution in [3.8, 4) is 0 Å². The van der Waals surface area contributed by atoms with Gasteiger partial charge < -0.3 is 10.4 Å². The molecule has 0 unspecified atom stereocenters. The second kappa shape index (κ2) is 5.19. The van der Waals surface area contributed by atoms with Crippen LogP contribution in [0.25, 0.3) is 0 Å². The number of carbonyl (C=O) groups excluding carboxylic acids is 1. The summed E-state index contributed by atoms with van der Waals surface area (Å²) < 4.78 is 0. The lowest BCUT2D eigenvalue weighted by Gasteiger charge is -2.30. The smallest absolute Gasteiger partial charge is 0.233 e. The minimum atomic E-state index is 0.0717. The Hall–Kier alpha value is -0.610. The van der Waals surface area contributed by atoms with Gasteiger partial charge in [0.25, 0.3) is 0 Å². The SMILES string of the molecule is CNC(=O)CN1CCC(CO)CC1. The van der Waals surface area contributed by atoms with Gasteiger partial charge in [0.1, 0.15) is 0 Å². The van der Waals surface area contributed by atoms with Crippen molar-refractivity contribution >= 4 is 5.91 Å². The Morgan fingerprint density at radius 2 is 2.15 bits per heavy atom. The van der Waals surface area contributed by atoms with Gasteiger partial charge >= 0.3 is 0 Å². The molecule has 0 bridgehead atoms. The predicted octanol–water partition coefficient (Wildman–Crippen LogP) is -0.563. The molecule has 1 rings (SSSR count). The first-order valence-electron chi connectivity index (χ1n) is 4.80. The van der Waals surface area contributed by atoms with Crippen LogP contribution in [-0.2, 0) is 4.79 Å². The molecular formula is C9H18N2O2. The predicted molar refractivity (Wildman–Crippen MR) is 50.3 cm³/mol. The molecule has 1 heterocycles. The molecule has 0 saturated carbocycles. The molecule has 4 heteroatoms. The fourth-order valence-electron chi connectivity index (χ4n) is 1.61. The molecular weight excluding hydrogens is 168 g/mol. The number of amides is 1. The quantitative estimate of drug-likeness (QED) is 0.621. The van der Waals surface area contributed by atoms with Crippen LogP contribution >= 0.6 is 0 Å². The van der Waals surface area contributed by atoms with Crippen molar-refractivity contribution in [2.45, 2.75) is 12.8 Å². The minimum absolute atomic E-state index is 0.0717. The number of likely N-dealkylation sites (tertiary alicyclic amines) is 1. The van der Waals surface area contributed by atoms with Crippen LogP contribution in [0.5, 0.6) is 0 Å².